The first kappa shape index (κ1) is 23.0. The van der Waals surface area contributed by atoms with Gasteiger partial charge < -0.3 is 9.79 Å². The number of rotatable bonds is 12. The minimum atomic E-state index is -1.97. The Kier molecular flexibility index (Phi) is 9.38. The third kappa shape index (κ3) is 6.16. The van der Waals surface area contributed by atoms with Crippen LogP contribution in [-0.4, -0.2) is 22.1 Å². The standard InChI is InChI=1S/C25H30NO2PS/c27-29(28)26-20-12-1-2-13-21-30-25(22-14-6-3-7-15-22,23-16-8-4-9-17-23)24-18-10-5-11-19-24/h3-11,14-19,26-28H,1-2,12-13,20-21H2. The Morgan fingerprint density at radius 2 is 1.07 bits per heavy atom. The number of benzene rings is 3. The van der Waals surface area contributed by atoms with Crippen molar-refractivity contribution >= 4 is 20.3 Å². The van der Waals surface area contributed by atoms with Crippen molar-refractivity contribution in [3.8, 4) is 0 Å². The highest BCUT2D eigenvalue weighted by Gasteiger charge is 2.36. The van der Waals surface area contributed by atoms with E-state index in [1.807, 2.05) is 11.8 Å². The van der Waals surface area contributed by atoms with Gasteiger partial charge in [-0.05, 0) is 35.3 Å². The van der Waals surface area contributed by atoms with E-state index >= 15 is 0 Å². The van der Waals surface area contributed by atoms with Crippen molar-refractivity contribution < 1.29 is 9.79 Å². The lowest BCUT2D eigenvalue weighted by Gasteiger charge is -2.35. The van der Waals surface area contributed by atoms with Crippen LogP contribution < -0.4 is 5.09 Å². The highest BCUT2D eigenvalue weighted by molar-refractivity contribution is 8.00. The molecule has 0 saturated heterocycles. The van der Waals surface area contributed by atoms with Crippen molar-refractivity contribution in [2.75, 3.05) is 12.3 Å². The van der Waals surface area contributed by atoms with Crippen LogP contribution in [-0.2, 0) is 4.75 Å². The van der Waals surface area contributed by atoms with Crippen LogP contribution in [0.15, 0.2) is 91.0 Å². The second kappa shape index (κ2) is 12.2. The third-order valence-corrected chi connectivity index (χ3v) is 7.32. The molecule has 3 aromatic carbocycles. The molecule has 0 atom stereocenters. The minimum absolute atomic E-state index is 0.241. The zero-order chi connectivity index (χ0) is 21.1. The summed E-state index contributed by atoms with van der Waals surface area (Å²) < 4.78 is -0.241. The van der Waals surface area contributed by atoms with Crippen LogP contribution >= 0.6 is 20.3 Å². The average Bonchev–Trinajstić information content (AvgIpc) is 2.80. The highest BCUT2D eigenvalue weighted by atomic mass is 32.2. The number of hydrogen-bond acceptors (Lipinski definition) is 4. The Balaban J connectivity index is 1.78. The van der Waals surface area contributed by atoms with Crippen molar-refractivity contribution in [2.24, 2.45) is 0 Å². The van der Waals surface area contributed by atoms with Crippen LogP contribution in [0.25, 0.3) is 0 Å². The first-order chi connectivity index (χ1) is 14.7. The molecule has 3 N–H and O–H groups in total. The number of hydrogen-bond donors (Lipinski definition) is 3. The maximum atomic E-state index is 8.91. The molecule has 0 aromatic heterocycles. The predicted octanol–water partition coefficient (Wildman–Crippen LogP) is 6.07. The molecule has 0 saturated carbocycles. The summed E-state index contributed by atoms with van der Waals surface area (Å²) >= 11 is 2.00. The van der Waals surface area contributed by atoms with E-state index in [9.17, 15) is 0 Å². The monoisotopic (exact) mass is 439 g/mol. The van der Waals surface area contributed by atoms with E-state index in [2.05, 4.69) is 96.1 Å². The van der Waals surface area contributed by atoms with E-state index in [1.54, 1.807) is 0 Å². The van der Waals surface area contributed by atoms with Crippen LogP contribution in [0.3, 0.4) is 0 Å². The maximum Gasteiger partial charge on any atom is 0.250 e. The van der Waals surface area contributed by atoms with Gasteiger partial charge in [0.2, 0.25) is 8.53 Å². The predicted molar refractivity (Wildman–Crippen MR) is 129 cm³/mol. The Labute approximate surface area is 185 Å². The lowest BCUT2D eigenvalue weighted by molar-refractivity contribution is 0.462. The molecule has 0 unspecified atom stereocenters. The highest BCUT2D eigenvalue weighted by Crippen LogP contribution is 2.48. The maximum absolute atomic E-state index is 8.91. The van der Waals surface area contributed by atoms with Crippen LogP contribution in [0.4, 0.5) is 0 Å². The first-order valence-corrected chi connectivity index (χ1v) is 12.7. The van der Waals surface area contributed by atoms with Gasteiger partial charge in [-0.25, -0.2) is 0 Å². The summed E-state index contributed by atoms with van der Waals surface area (Å²) in [6.45, 7) is 0.661. The van der Waals surface area contributed by atoms with Gasteiger partial charge in [0.05, 0.1) is 4.75 Å². The summed E-state index contributed by atoms with van der Waals surface area (Å²) in [5.74, 6) is 1.05. The van der Waals surface area contributed by atoms with Gasteiger partial charge in [-0.15, -0.1) is 11.8 Å². The summed E-state index contributed by atoms with van der Waals surface area (Å²) in [6.07, 6.45) is 4.32. The quantitative estimate of drug-likeness (QED) is 0.182. The summed E-state index contributed by atoms with van der Waals surface area (Å²) in [6, 6.07) is 32.4. The number of thioether (sulfide) groups is 1. The molecule has 3 aromatic rings. The Morgan fingerprint density at radius 1 is 0.633 bits per heavy atom. The molecule has 30 heavy (non-hydrogen) atoms. The van der Waals surface area contributed by atoms with Gasteiger partial charge in [0, 0.05) is 6.54 Å². The number of nitrogens with one attached hydrogen (secondary N) is 1. The van der Waals surface area contributed by atoms with Gasteiger partial charge in [0.25, 0.3) is 0 Å². The van der Waals surface area contributed by atoms with Crippen molar-refractivity contribution in [1.82, 2.24) is 5.09 Å². The van der Waals surface area contributed by atoms with Gasteiger partial charge >= 0.3 is 0 Å². The minimum Gasteiger partial charge on any atom is -0.338 e. The van der Waals surface area contributed by atoms with Gasteiger partial charge in [-0.1, -0.05) is 104 Å². The molecule has 0 fully saturated rings. The summed E-state index contributed by atoms with van der Waals surface area (Å²) in [7, 11) is -1.97. The zero-order valence-electron chi connectivity index (χ0n) is 17.2. The Hall–Kier alpha value is -1.68. The van der Waals surface area contributed by atoms with E-state index in [0.29, 0.717) is 6.54 Å². The normalized spacial score (nSPS) is 11.7. The largest absolute Gasteiger partial charge is 0.338 e. The molecule has 0 aliphatic heterocycles. The topological polar surface area (TPSA) is 52.5 Å². The molecule has 0 radical (unpaired) electrons. The van der Waals surface area contributed by atoms with Crippen LogP contribution in [0.1, 0.15) is 42.4 Å². The van der Waals surface area contributed by atoms with Crippen molar-refractivity contribution in [3.63, 3.8) is 0 Å². The number of unbranched alkanes of at least 4 members (excludes halogenated alkanes) is 3. The fraction of sp³-hybridized carbons (Fsp3) is 0.280. The van der Waals surface area contributed by atoms with Crippen molar-refractivity contribution in [3.05, 3.63) is 108 Å². The van der Waals surface area contributed by atoms with E-state index in [4.69, 9.17) is 9.79 Å². The lowest BCUT2D eigenvalue weighted by atomic mass is 9.84. The van der Waals surface area contributed by atoms with E-state index in [0.717, 1.165) is 31.4 Å². The molecule has 0 amide bonds. The molecule has 0 spiro atoms. The van der Waals surface area contributed by atoms with Crippen LogP contribution in [0.2, 0.25) is 0 Å². The van der Waals surface area contributed by atoms with Gasteiger partial charge in [0.15, 0.2) is 0 Å². The first-order valence-electron chi connectivity index (χ1n) is 10.5. The van der Waals surface area contributed by atoms with Crippen LogP contribution in [0.5, 0.6) is 0 Å². The average molecular weight is 440 g/mol. The molecule has 5 heteroatoms. The molecule has 3 nitrogen and oxygen atoms in total. The van der Waals surface area contributed by atoms with E-state index < -0.39 is 8.53 Å². The summed E-state index contributed by atoms with van der Waals surface area (Å²) in [5.41, 5.74) is 3.91. The van der Waals surface area contributed by atoms with E-state index in [1.165, 1.54) is 16.7 Å². The SMILES string of the molecule is OP(O)NCCCCCCSC(c1ccccc1)(c1ccccc1)c1ccccc1. The van der Waals surface area contributed by atoms with Crippen molar-refractivity contribution in [1.29, 1.82) is 0 Å². The lowest BCUT2D eigenvalue weighted by Crippen LogP contribution is -2.26. The smallest absolute Gasteiger partial charge is 0.250 e. The Bertz CT molecular complexity index is 750. The zero-order valence-corrected chi connectivity index (χ0v) is 18.9. The molecule has 0 heterocycles. The molecule has 0 aliphatic rings. The molecule has 0 aliphatic carbocycles. The van der Waals surface area contributed by atoms with Crippen LogP contribution in [0, 0.1) is 0 Å². The molecular formula is C25H30NO2PS. The summed E-state index contributed by atoms with van der Waals surface area (Å²) in [4.78, 5) is 17.8. The van der Waals surface area contributed by atoms with Gasteiger partial charge in [-0.2, -0.15) is 0 Å². The second-order valence-electron chi connectivity index (χ2n) is 7.24. The molecule has 0 bridgehead atoms. The fourth-order valence-corrected chi connectivity index (χ4v) is 5.67. The third-order valence-electron chi connectivity index (χ3n) is 5.18. The van der Waals surface area contributed by atoms with E-state index in [-0.39, 0.29) is 4.75 Å². The molecular weight excluding hydrogens is 409 g/mol. The molecule has 3 rings (SSSR count). The second-order valence-corrected chi connectivity index (χ2v) is 9.44. The van der Waals surface area contributed by atoms with Gasteiger partial charge in [0.1, 0.15) is 0 Å². The van der Waals surface area contributed by atoms with Crippen molar-refractivity contribution in [2.45, 2.75) is 30.4 Å². The summed E-state index contributed by atoms with van der Waals surface area (Å²) in [5, 5.41) is 2.70. The fourth-order valence-electron chi connectivity index (χ4n) is 3.75. The van der Waals surface area contributed by atoms with Gasteiger partial charge in [-0.3, -0.25) is 5.09 Å². The Morgan fingerprint density at radius 3 is 1.50 bits per heavy atom. The molecule has 158 valence electrons.